The van der Waals surface area contributed by atoms with E-state index < -0.39 is 5.91 Å². The Labute approximate surface area is 176 Å². The van der Waals surface area contributed by atoms with Gasteiger partial charge in [-0.25, -0.2) is 4.99 Å². The average Bonchev–Trinajstić information content (AvgIpc) is 3.12. The summed E-state index contributed by atoms with van der Waals surface area (Å²) in [4.78, 5) is 15.6. The number of carbonyl (C=O) groups is 1. The summed E-state index contributed by atoms with van der Waals surface area (Å²) in [6.07, 6.45) is 1.70. The first-order chi connectivity index (χ1) is 12.6. The van der Waals surface area contributed by atoms with E-state index >= 15 is 0 Å². The summed E-state index contributed by atoms with van der Waals surface area (Å²) in [5, 5.41) is 6.32. The SMILES string of the molecule is C=CCOc1ccccc1CN=C(NCC)NCc1ccc(C(N)=O)o1.I. The van der Waals surface area contributed by atoms with Crippen molar-refractivity contribution in [1.82, 2.24) is 10.6 Å². The Balaban J connectivity index is 0.00000364. The minimum atomic E-state index is -0.590. The Morgan fingerprint density at radius 1 is 1.30 bits per heavy atom. The quantitative estimate of drug-likeness (QED) is 0.220. The minimum absolute atomic E-state index is 0. The summed E-state index contributed by atoms with van der Waals surface area (Å²) in [6.45, 7) is 7.63. The maximum atomic E-state index is 11.1. The number of primary amides is 1. The number of halogens is 1. The summed E-state index contributed by atoms with van der Waals surface area (Å²) >= 11 is 0. The highest BCUT2D eigenvalue weighted by Crippen LogP contribution is 2.18. The van der Waals surface area contributed by atoms with Crippen LogP contribution in [0.1, 0.15) is 28.8 Å². The molecule has 146 valence electrons. The molecular formula is C19H25IN4O3. The molecule has 1 aromatic carbocycles. The fraction of sp³-hybridized carbons (Fsp3) is 0.263. The van der Waals surface area contributed by atoms with Gasteiger partial charge in [0.05, 0.1) is 13.1 Å². The largest absolute Gasteiger partial charge is 0.489 e. The average molecular weight is 484 g/mol. The van der Waals surface area contributed by atoms with Gasteiger partial charge in [-0.1, -0.05) is 30.9 Å². The van der Waals surface area contributed by atoms with Crippen LogP contribution in [0.5, 0.6) is 5.75 Å². The van der Waals surface area contributed by atoms with Gasteiger partial charge in [-0.2, -0.15) is 0 Å². The van der Waals surface area contributed by atoms with Crippen LogP contribution in [0.2, 0.25) is 0 Å². The van der Waals surface area contributed by atoms with Crippen LogP contribution in [0.4, 0.5) is 0 Å². The van der Waals surface area contributed by atoms with Gasteiger partial charge in [-0.3, -0.25) is 4.79 Å². The second-order valence-electron chi connectivity index (χ2n) is 5.39. The number of nitrogens with one attached hydrogen (secondary N) is 2. The van der Waals surface area contributed by atoms with Crippen LogP contribution in [0.3, 0.4) is 0 Å². The zero-order chi connectivity index (χ0) is 18.8. The van der Waals surface area contributed by atoms with E-state index in [4.69, 9.17) is 14.9 Å². The third kappa shape index (κ3) is 7.33. The van der Waals surface area contributed by atoms with Crippen LogP contribution in [-0.4, -0.2) is 25.0 Å². The highest BCUT2D eigenvalue weighted by atomic mass is 127. The van der Waals surface area contributed by atoms with Gasteiger partial charge in [0.2, 0.25) is 0 Å². The van der Waals surface area contributed by atoms with Gasteiger partial charge in [0.1, 0.15) is 18.1 Å². The molecule has 8 heteroatoms. The molecule has 0 saturated heterocycles. The molecule has 27 heavy (non-hydrogen) atoms. The Morgan fingerprint density at radius 2 is 2.07 bits per heavy atom. The predicted octanol–water partition coefficient (Wildman–Crippen LogP) is 2.82. The topological polar surface area (TPSA) is 102 Å². The number of benzene rings is 1. The summed E-state index contributed by atoms with van der Waals surface area (Å²) in [6, 6.07) is 11.0. The van der Waals surface area contributed by atoms with Gasteiger partial charge >= 0.3 is 0 Å². The summed E-state index contributed by atoms with van der Waals surface area (Å²) < 4.78 is 11.0. The number of nitrogens with two attached hydrogens (primary N) is 1. The number of amides is 1. The lowest BCUT2D eigenvalue weighted by atomic mass is 10.2. The second-order valence-corrected chi connectivity index (χ2v) is 5.39. The third-order valence-electron chi connectivity index (χ3n) is 3.42. The Kier molecular flexibility index (Phi) is 10.0. The van der Waals surface area contributed by atoms with E-state index in [2.05, 4.69) is 22.2 Å². The Bertz CT molecular complexity index is 774. The summed E-state index contributed by atoms with van der Waals surface area (Å²) in [5.41, 5.74) is 6.16. The number of furan rings is 1. The summed E-state index contributed by atoms with van der Waals surface area (Å²) in [7, 11) is 0. The van der Waals surface area contributed by atoms with Crippen LogP contribution in [0.15, 0.2) is 58.5 Å². The Hall–Kier alpha value is -2.49. The number of hydrogen-bond donors (Lipinski definition) is 3. The van der Waals surface area contributed by atoms with Crippen molar-refractivity contribution in [2.24, 2.45) is 10.7 Å². The zero-order valence-electron chi connectivity index (χ0n) is 15.2. The fourth-order valence-corrected chi connectivity index (χ4v) is 2.21. The van der Waals surface area contributed by atoms with Gasteiger partial charge in [-0.05, 0) is 25.1 Å². The van der Waals surface area contributed by atoms with E-state index in [9.17, 15) is 4.79 Å². The first kappa shape index (κ1) is 22.6. The monoisotopic (exact) mass is 484 g/mol. The van der Waals surface area contributed by atoms with E-state index in [-0.39, 0.29) is 29.7 Å². The number of rotatable bonds is 9. The molecule has 1 amide bonds. The van der Waals surface area contributed by atoms with Gasteiger partial charge in [-0.15, -0.1) is 24.0 Å². The van der Waals surface area contributed by atoms with Crippen LogP contribution in [0, 0.1) is 0 Å². The van der Waals surface area contributed by atoms with E-state index in [1.165, 1.54) is 0 Å². The van der Waals surface area contributed by atoms with Gasteiger partial charge < -0.3 is 25.5 Å². The van der Waals surface area contributed by atoms with Crippen molar-refractivity contribution in [2.45, 2.75) is 20.0 Å². The van der Waals surface area contributed by atoms with Crippen molar-refractivity contribution in [3.05, 3.63) is 66.1 Å². The molecule has 2 rings (SSSR count). The molecule has 0 spiro atoms. The molecule has 1 heterocycles. The Morgan fingerprint density at radius 3 is 2.74 bits per heavy atom. The van der Waals surface area contributed by atoms with E-state index in [0.29, 0.717) is 38.0 Å². The smallest absolute Gasteiger partial charge is 0.284 e. The number of ether oxygens (including phenoxy) is 1. The van der Waals surface area contributed by atoms with Crippen LogP contribution < -0.4 is 21.1 Å². The lowest BCUT2D eigenvalue weighted by molar-refractivity contribution is 0.0972. The van der Waals surface area contributed by atoms with E-state index in [1.54, 1.807) is 18.2 Å². The predicted molar refractivity (Wildman–Crippen MR) is 116 cm³/mol. The van der Waals surface area contributed by atoms with Crippen LogP contribution in [0.25, 0.3) is 0 Å². The molecule has 0 atom stereocenters. The van der Waals surface area contributed by atoms with Gasteiger partial charge in [0.15, 0.2) is 11.7 Å². The third-order valence-corrected chi connectivity index (χ3v) is 3.42. The van der Waals surface area contributed by atoms with Crippen molar-refractivity contribution in [3.63, 3.8) is 0 Å². The molecule has 7 nitrogen and oxygen atoms in total. The molecule has 0 aliphatic rings. The van der Waals surface area contributed by atoms with E-state index in [0.717, 1.165) is 11.3 Å². The first-order valence-electron chi connectivity index (χ1n) is 8.36. The standard InChI is InChI=1S/C19H24N4O3.HI/c1-3-11-25-16-8-6-5-7-14(16)12-22-19(21-4-2)23-13-15-9-10-17(26-15)18(20)24;/h3,5-10H,1,4,11-13H2,2H3,(H2,20,24)(H2,21,22,23);1H. The van der Waals surface area contributed by atoms with Gasteiger partial charge in [0.25, 0.3) is 5.91 Å². The van der Waals surface area contributed by atoms with Crippen molar-refractivity contribution in [2.75, 3.05) is 13.2 Å². The molecule has 0 saturated carbocycles. The number of hydrogen-bond acceptors (Lipinski definition) is 4. The minimum Gasteiger partial charge on any atom is -0.489 e. The van der Waals surface area contributed by atoms with E-state index in [1.807, 2.05) is 31.2 Å². The summed E-state index contributed by atoms with van der Waals surface area (Å²) in [5.74, 6) is 1.55. The van der Waals surface area contributed by atoms with Crippen molar-refractivity contribution < 1.29 is 13.9 Å². The zero-order valence-corrected chi connectivity index (χ0v) is 17.6. The molecule has 2 aromatic rings. The van der Waals surface area contributed by atoms with Crippen molar-refractivity contribution in [3.8, 4) is 5.75 Å². The molecule has 0 aliphatic carbocycles. The lowest BCUT2D eigenvalue weighted by Crippen LogP contribution is -2.36. The number of para-hydroxylation sites is 1. The van der Waals surface area contributed by atoms with Crippen LogP contribution >= 0.6 is 24.0 Å². The van der Waals surface area contributed by atoms with Gasteiger partial charge in [0, 0.05) is 12.1 Å². The second kappa shape index (κ2) is 12.0. The molecule has 0 radical (unpaired) electrons. The maximum absolute atomic E-state index is 11.1. The van der Waals surface area contributed by atoms with Crippen LogP contribution in [-0.2, 0) is 13.1 Å². The number of aliphatic imine (C=N–C) groups is 1. The molecule has 0 unspecified atom stereocenters. The fourth-order valence-electron chi connectivity index (χ4n) is 2.21. The lowest BCUT2D eigenvalue weighted by Gasteiger charge is -2.12. The van der Waals surface area contributed by atoms with Crippen molar-refractivity contribution >= 4 is 35.8 Å². The molecule has 0 bridgehead atoms. The molecule has 1 aromatic heterocycles. The molecular weight excluding hydrogens is 459 g/mol. The number of nitrogens with zero attached hydrogens (tertiary/aromatic N) is 1. The maximum Gasteiger partial charge on any atom is 0.284 e. The molecule has 0 fully saturated rings. The molecule has 4 N–H and O–H groups in total. The number of guanidine groups is 1. The first-order valence-corrected chi connectivity index (χ1v) is 8.36. The number of carbonyl (C=O) groups excluding carboxylic acids is 1. The highest BCUT2D eigenvalue weighted by Gasteiger charge is 2.08. The normalized spacial score (nSPS) is 10.6. The van der Waals surface area contributed by atoms with Crippen molar-refractivity contribution in [1.29, 1.82) is 0 Å². The molecule has 0 aliphatic heterocycles. The highest BCUT2D eigenvalue weighted by molar-refractivity contribution is 14.0.